The summed E-state index contributed by atoms with van der Waals surface area (Å²) in [5.41, 5.74) is 5.92. The van der Waals surface area contributed by atoms with Gasteiger partial charge in [-0.25, -0.2) is 13.2 Å². The van der Waals surface area contributed by atoms with Gasteiger partial charge in [-0.15, -0.1) is 0 Å². The lowest BCUT2D eigenvalue weighted by atomic mass is 10.2. The van der Waals surface area contributed by atoms with Gasteiger partial charge in [0.05, 0.1) is 17.6 Å². The molecule has 0 aliphatic carbocycles. The van der Waals surface area contributed by atoms with E-state index in [-0.39, 0.29) is 10.5 Å². The third kappa shape index (κ3) is 2.64. The van der Waals surface area contributed by atoms with Crippen LogP contribution in [0.1, 0.15) is 23.7 Å². The number of hydrogen-bond donors (Lipinski definition) is 1. The molecular weight excluding hydrogens is 280 g/mol. The predicted octanol–water partition coefficient (Wildman–Crippen LogP) is 1.09. The maximum absolute atomic E-state index is 12.6. The second kappa shape index (κ2) is 5.41. The van der Waals surface area contributed by atoms with Crippen molar-refractivity contribution in [2.24, 2.45) is 5.92 Å². The molecular formula is C13H18N2O4S. The summed E-state index contributed by atoms with van der Waals surface area (Å²) in [6.45, 7) is 2.93. The molecule has 2 N–H and O–H groups in total. The molecule has 1 heterocycles. The largest absolute Gasteiger partial charge is 0.465 e. The highest BCUT2D eigenvalue weighted by atomic mass is 32.2. The molecule has 2 rings (SSSR count). The van der Waals surface area contributed by atoms with E-state index in [2.05, 4.69) is 4.74 Å². The summed E-state index contributed by atoms with van der Waals surface area (Å²) in [6.07, 6.45) is 0.821. The summed E-state index contributed by atoms with van der Waals surface area (Å²) in [6, 6.07) is 4.16. The Hall–Kier alpha value is -1.60. The zero-order valence-corrected chi connectivity index (χ0v) is 12.3. The Labute approximate surface area is 118 Å². The fraction of sp³-hybridized carbons (Fsp3) is 0.462. The summed E-state index contributed by atoms with van der Waals surface area (Å²) in [4.78, 5) is 11.7. The number of methoxy groups -OCH3 is 1. The van der Waals surface area contributed by atoms with E-state index in [0.29, 0.717) is 24.7 Å². The molecule has 0 aromatic heterocycles. The van der Waals surface area contributed by atoms with Crippen molar-refractivity contribution < 1.29 is 17.9 Å². The zero-order valence-electron chi connectivity index (χ0n) is 11.5. The summed E-state index contributed by atoms with van der Waals surface area (Å²) >= 11 is 0. The molecule has 20 heavy (non-hydrogen) atoms. The van der Waals surface area contributed by atoms with E-state index in [1.54, 1.807) is 0 Å². The molecule has 7 heteroatoms. The lowest BCUT2D eigenvalue weighted by Gasteiger charge is -2.18. The van der Waals surface area contributed by atoms with Crippen LogP contribution >= 0.6 is 0 Å². The number of carbonyl (C=O) groups excluding carboxylic acids is 1. The Morgan fingerprint density at radius 2 is 2.15 bits per heavy atom. The van der Waals surface area contributed by atoms with E-state index < -0.39 is 16.0 Å². The maximum atomic E-state index is 12.6. The number of nitrogen functional groups attached to an aromatic ring is 1. The molecule has 1 aromatic carbocycles. The summed E-state index contributed by atoms with van der Waals surface area (Å²) in [7, 11) is -2.49. The van der Waals surface area contributed by atoms with Gasteiger partial charge in [-0.1, -0.05) is 6.92 Å². The molecule has 0 bridgehead atoms. The van der Waals surface area contributed by atoms with Crippen molar-refractivity contribution >= 4 is 21.7 Å². The van der Waals surface area contributed by atoms with Crippen molar-refractivity contribution in [3.05, 3.63) is 23.8 Å². The number of esters is 1. The third-order valence-electron chi connectivity index (χ3n) is 3.41. The number of benzene rings is 1. The molecule has 0 amide bonds. The highest BCUT2D eigenvalue weighted by Gasteiger charge is 2.33. The van der Waals surface area contributed by atoms with Crippen LogP contribution < -0.4 is 5.73 Å². The highest BCUT2D eigenvalue weighted by Crippen LogP contribution is 2.27. The number of ether oxygens (including phenoxy) is 1. The maximum Gasteiger partial charge on any atom is 0.339 e. The monoisotopic (exact) mass is 298 g/mol. The minimum absolute atomic E-state index is 0.0212. The highest BCUT2D eigenvalue weighted by molar-refractivity contribution is 7.89. The number of anilines is 1. The average Bonchev–Trinajstić information content (AvgIpc) is 2.84. The molecule has 6 nitrogen and oxygen atoms in total. The van der Waals surface area contributed by atoms with Gasteiger partial charge in [0.15, 0.2) is 0 Å². The Bertz CT molecular complexity index is 627. The Kier molecular flexibility index (Phi) is 4.01. The van der Waals surface area contributed by atoms with E-state index >= 15 is 0 Å². The summed E-state index contributed by atoms with van der Waals surface area (Å²) < 4.78 is 31.3. The molecule has 1 unspecified atom stereocenters. The first kappa shape index (κ1) is 14.8. The van der Waals surface area contributed by atoms with Crippen LogP contribution in [-0.2, 0) is 14.8 Å². The number of rotatable bonds is 3. The standard InChI is InChI=1S/C13H18N2O4S/c1-9-5-6-15(8-9)20(17,18)12-4-3-10(14)7-11(12)13(16)19-2/h3-4,7,9H,5-6,8,14H2,1-2H3. The molecule has 1 aliphatic heterocycles. The minimum atomic E-state index is -3.70. The molecule has 1 atom stereocenters. The fourth-order valence-electron chi connectivity index (χ4n) is 2.29. The van der Waals surface area contributed by atoms with Gasteiger partial charge in [-0.3, -0.25) is 0 Å². The van der Waals surface area contributed by atoms with Gasteiger partial charge >= 0.3 is 5.97 Å². The topological polar surface area (TPSA) is 89.7 Å². The van der Waals surface area contributed by atoms with Crippen LogP contribution in [0.25, 0.3) is 0 Å². The molecule has 1 fully saturated rings. The quantitative estimate of drug-likeness (QED) is 0.666. The third-order valence-corrected chi connectivity index (χ3v) is 5.34. The van der Waals surface area contributed by atoms with Crippen LogP contribution in [0.15, 0.2) is 23.1 Å². The normalized spacial score (nSPS) is 20.0. The number of carbonyl (C=O) groups is 1. The Morgan fingerprint density at radius 1 is 1.45 bits per heavy atom. The van der Waals surface area contributed by atoms with Crippen molar-refractivity contribution in [2.75, 3.05) is 25.9 Å². The second-order valence-electron chi connectivity index (χ2n) is 5.00. The zero-order chi connectivity index (χ0) is 14.9. The van der Waals surface area contributed by atoms with Crippen LogP contribution in [0.3, 0.4) is 0 Å². The van der Waals surface area contributed by atoms with E-state index in [4.69, 9.17) is 5.73 Å². The number of hydrogen-bond acceptors (Lipinski definition) is 5. The first-order chi connectivity index (χ1) is 9.36. The lowest BCUT2D eigenvalue weighted by Crippen LogP contribution is -2.30. The molecule has 1 saturated heterocycles. The Balaban J connectivity index is 2.49. The van der Waals surface area contributed by atoms with Crippen molar-refractivity contribution in [2.45, 2.75) is 18.2 Å². The van der Waals surface area contributed by atoms with E-state index in [1.807, 2.05) is 6.92 Å². The van der Waals surface area contributed by atoms with Crippen molar-refractivity contribution in [3.8, 4) is 0 Å². The molecule has 0 radical (unpaired) electrons. The van der Waals surface area contributed by atoms with Crippen LogP contribution in [0.4, 0.5) is 5.69 Å². The molecule has 110 valence electrons. The number of nitrogens with zero attached hydrogens (tertiary/aromatic N) is 1. The minimum Gasteiger partial charge on any atom is -0.465 e. The summed E-state index contributed by atoms with van der Waals surface area (Å²) in [5, 5.41) is 0. The molecule has 0 saturated carbocycles. The Morgan fingerprint density at radius 3 is 2.70 bits per heavy atom. The predicted molar refractivity (Wildman–Crippen MR) is 74.7 cm³/mol. The molecule has 1 aromatic rings. The average molecular weight is 298 g/mol. The van der Waals surface area contributed by atoms with Gasteiger partial charge in [0.25, 0.3) is 0 Å². The second-order valence-corrected chi connectivity index (χ2v) is 6.91. The van der Waals surface area contributed by atoms with Gasteiger partial charge in [0.2, 0.25) is 10.0 Å². The summed E-state index contributed by atoms with van der Waals surface area (Å²) in [5.74, 6) is -0.386. The molecule has 0 spiro atoms. The molecule has 1 aliphatic rings. The number of nitrogens with two attached hydrogens (primary N) is 1. The van der Waals surface area contributed by atoms with Gasteiger partial charge in [-0.2, -0.15) is 4.31 Å². The van der Waals surface area contributed by atoms with E-state index in [0.717, 1.165) is 6.42 Å². The fourth-order valence-corrected chi connectivity index (χ4v) is 4.03. The van der Waals surface area contributed by atoms with Gasteiger partial charge < -0.3 is 10.5 Å². The van der Waals surface area contributed by atoms with Crippen molar-refractivity contribution in [1.29, 1.82) is 0 Å². The first-order valence-electron chi connectivity index (χ1n) is 6.34. The van der Waals surface area contributed by atoms with E-state index in [9.17, 15) is 13.2 Å². The first-order valence-corrected chi connectivity index (χ1v) is 7.78. The van der Waals surface area contributed by atoms with Crippen LogP contribution in [0.2, 0.25) is 0 Å². The van der Waals surface area contributed by atoms with Crippen molar-refractivity contribution in [3.63, 3.8) is 0 Å². The SMILES string of the molecule is COC(=O)c1cc(N)ccc1S(=O)(=O)N1CCC(C)C1. The van der Waals surface area contributed by atoms with E-state index in [1.165, 1.54) is 29.6 Å². The smallest absolute Gasteiger partial charge is 0.339 e. The van der Waals surface area contributed by atoms with Crippen LogP contribution in [0.5, 0.6) is 0 Å². The van der Waals surface area contributed by atoms with Gasteiger partial charge in [0, 0.05) is 18.8 Å². The van der Waals surface area contributed by atoms with Gasteiger partial charge in [-0.05, 0) is 30.5 Å². The number of sulfonamides is 1. The lowest BCUT2D eigenvalue weighted by molar-refractivity contribution is 0.0596. The van der Waals surface area contributed by atoms with Gasteiger partial charge in [0.1, 0.15) is 0 Å². The van der Waals surface area contributed by atoms with Crippen LogP contribution in [0, 0.1) is 5.92 Å². The van der Waals surface area contributed by atoms with Crippen molar-refractivity contribution in [1.82, 2.24) is 4.31 Å². The van der Waals surface area contributed by atoms with Crippen LogP contribution in [-0.4, -0.2) is 38.9 Å².